The molecule has 2 rings (SSSR count). The van der Waals surface area contributed by atoms with Crippen molar-refractivity contribution >= 4 is 11.9 Å². The van der Waals surface area contributed by atoms with E-state index in [9.17, 15) is 9.59 Å². The fourth-order valence-electron chi connectivity index (χ4n) is 3.02. The zero-order valence-corrected chi connectivity index (χ0v) is 19.4. The summed E-state index contributed by atoms with van der Waals surface area (Å²) in [4.78, 5) is 25.0. The molecule has 1 atom stereocenters. The van der Waals surface area contributed by atoms with Crippen molar-refractivity contribution in [3.8, 4) is 11.5 Å². The quantitative estimate of drug-likeness (QED) is 0.519. The van der Waals surface area contributed by atoms with Crippen molar-refractivity contribution in [3.05, 3.63) is 59.7 Å². The number of hydrogen-bond donors (Lipinski definition) is 2. The molecule has 0 saturated carbocycles. The van der Waals surface area contributed by atoms with Gasteiger partial charge in [0.05, 0.1) is 25.0 Å². The molecule has 0 fully saturated rings. The monoisotopic (exact) mass is 442 g/mol. The molecule has 0 aliphatic rings. The van der Waals surface area contributed by atoms with Gasteiger partial charge in [-0.15, -0.1) is 0 Å². The first-order valence-corrected chi connectivity index (χ1v) is 10.7. The van der Waals surface area contributed by atoms with E-state index in [2.05, 4.69) is 5.32 Å². The molecular formula is C25H34N2O5. The number of nitrogens with two attached hydrogens (primary N) is 1. The molecule has 7 nitrogen and oxygen atoms in total. The number of ether oxygens (including phenoxy) is 3. The number of amides is 1. The van der Waals surface area contributed by atoms with Gasteiger partial charge in [0.25, 0.3) is 0 Å². The molecule has 32 heavy (non-hydrogen) atoms. The maximum atomic E-state index is 12.8. The highest BCUT2D eigenvalue weighted by Gasteiger charge is 2.25. The first kappa shape index (κ1) is 25.2. The van der Waals surface area contributed by atoms with E-state index in [4.69, 9.17) is 19.9 Å². The molecule has 0 aliphatic carbocycles. The Morgan fingerprint density at radius 1 is 1.03 bits per heavy atom. The second-order valence-corrected chi connectivity index (χ2v) is 8.60. The van der Waals surface area contributed by atoms with Crippen molar-refractivity contribution in [2.75, 3.05) is 26.9 Å². The third-order valence-corrected chi connectivity index (χ3v) is 4.69. The normalized spacial score (nSPS) is 12.0. The molecule has 0 spiro atoms. The summed E-state index contributed by atoms with van der Waals surface area (Å²) in [5.41, 5.74) is 6.71. The van der Waals surface area contributed by atoms with Crippen LogP contribution < -0.4 is 20.5 Å². The minimum Gasteiger partial charge on any atom is -0.493 e. The van der Waals surface area contributed by atoms with Gasteiger partial charge in [-0.25, -0.2) is 0 Å². The average molecular weight is 443 g/mol. The molecule has 0 bridgehead atoms. The highest BCUT2D eigenvalue weighted by atomic mass is 16.5. The van der Waals surface area contributed by atoms with Gasteiger partial charge in [0.1, 0.15) is 13.2 Å². The van der Waals surface area contributed by atoms with Crippen LogP contribution in [0.1, 0.15) is 31.9 Å². The predicted octanol–water partition coefficient (Wildman–Crippen LogP) is 2.89. The number of nitrogens with one attached hydrogen (secondary N) is 1. The smallest absolute Gasteiger partial charge is 0.311 e. The van der Waals surface area contributed by atoms with Crippen LogP contribution in [0.5, 0.6) is 11.5 Å². The van der Waals surface area contributed by atoms with Crippen LogP contribution in [0.25, 0.3) is 0 Å². The van der Waals surface area contributed by atoms with Gasteiger partial charge < -0.3 is 25.3 Å². The summed E-state index contributed by atoms with van der Waals surface area (Å²) in [6.45, 7) is 6.28. The largest absolute Gasteiger partial charge is 0.493 e. The molecule has 0 heterocycles. The van der Waals surface area contributed by atoms with Crippen molar-refractivity contribution in [2.24, 2.45) is 11.1 Å². The van der Waals surface area contributed by atoms with E-state index in [1.54, 1.807) is 40.0 Å². The molecule has 0 radical (unpaired) electrons. The van der Waals surface area contributed by atoms with Gasteiger partial charge in [-0.2, -0.15) is 0 Å². The molecule has 1 amide bonds. The summed E-state index contributed by atoms with van der Waals surface area (Å²) >= 11 is 0. The lowest BCUT2D eigenvalue weighted by atomic mass is 9.97. The van der Waals surface area contributed by atoms with Crippen molar-refractivity contribution < 1.29 is 23.8 Å². The summed E-state index contributed by atoms with van der Waals surface area (Å²) in [6, 6.07) is 14.8. The van der Waals surface area contributed by atoms with Crippen LogP contribution in [0.3, 0.4) is 0 Å². The molecule has 0 saturated heterocycles. The lowest BCUT2D eigenvalue weighted by molar-refractivity contribution is -0.154. The highest BCUT2D eigenvalue weighted by Crippen LogP contribution is 2.28. The SMILES string of the molecule is COc1cc(CC(=O)NC(COC(=O)C(C)(C)C)Cc2ccccc2)ccc1OCCN. The summed E-state index contributed by atoms with van der Waals surface area (Å²) in [7, 11) is 1.55. The van der Waals surface area contributed by atoms with Gasteiger partial charge in [-0.1, -0.05) is 36.4 Å². The van der Waals surface area contributed by atoms with E-state index < -0.39 is 5.41 Å². The van der Waals surface area contributed by atoms with Crippen LogP contribution in [0, 0.1) is 5.41 Å². The first-order chi connectivity index (χ1) is 15.2. The van der Waals surface area contributed by atoms with E-state index in [1.165, 1.54) is 0 Å². The van der Waals surface area contributed by atoms with Crippen LogP contribution in [-0.2, 0) is 27.2 Å². The van der Waals surface area contributed by atoms with E-state index in [0.29, 0.717) is 31.1 Å². The second kappa shape index (κ2) is 12.1. The van der Waals surface area contributed by atoms with Gasteiger partial charge in [0.2, 0.25) is 5.91 Å². The van der Waals surface area contributed by atoms with Crippen LogP contribution in [-0.4, -0.2) is 44.8 Å². The van der Waals surface area contributed by atoms with Crippen LogP contribution >= 0.6 is 0 Å². The second-order valence-electron chi connectivity index (χ2n) is 8.60. The van der Waals surface area contributed by atoms with E-state index in [0.717, 1.165) is 11.1 Å². The average Bonchev–Trinajstić information content (AvgIpc) is 2.76. The number of hydrogen-bond acceptors (Lipinski definition) is 6. The van der Waals surface area contributed by atoms with Crippen molar-refractivity contribution in [2.45, 2.75) is 39.7 Å². The van der Waals surface area contributed by atoms with Gasteiger partial charge >= 0.3 is 5.97 Å². The number of carbonyl (C=O) groups excluding carboxylic acids is 2. The zero-order chi connectivity index (χ0) is 23.6. The predicted molar refractivity (Wildman–Crippen MR) is 124 cm³/mol. The Morgan fingerprint density at radius 3 is 2.38 bits per heavy atom. The maximum absolute atomic E-state index is 12.8. The van der Waals surface area contributed by atoms with E-state index in [-0.39, 0.29) is 30.9 Å². The summed E-state index contributed by atoms with van der Waals surface area (Å²) < 4.78 is 16.4. The number of rotatable bonds is 11. The third kappa shape index (κ3) is 8.23. The topological polar surface area (TPSA) is 99.9 Å². The zero-order valence-electron chi connectivity index (χ0n) is 19.4. The Morgan fingerprint density at radius 2 is 1.75 bits per heavy atom. The molecule has 1 unspecified atom stereocenters. The minimum absolute atomic E-state index is 0.103. The summed E-state index contributed by atoms with van der Waals surface area (Å²) in [5, 5.41) is 3.00. The lowest BCUT2D eigenvalue weighted by Gasteiger charge is -2.22. The van der Waals surface area contributed by atoms with Crippen LogP contribution in [0.15, 0.2) is 48.5 Å². The highest BCUT2D eigenvalue weighted by molar-refractivity contribution is 5.79. The summed E-state index contributed by atoms with van der Waals surface area (Å²) in [6.07, 6.45) is 0.714. The molecule has 174 valence electrons. The van der Waals surface area contributed by atoms with Crippen molar-refractivity contribution in [3.63, 3.8) is 0 Å². The van der Waals surface area contributed by atoms with Crippen LogP contribution in [0.2, 0.25) is 0 Å². The number of benzene rings is 2. The fraction of sp³-hybridized carbons (Fsp3) is 0.440. The molecule has 2 aromatic rings. The van der Waals surface area contributed by atoms with E-state index in [1.807, 2.05) is 36.4 Å². The fourth-order valence-corrected chi connectivity index (χ4v) is 3.02. The Hall–Kier alpha value is -3.06. The van der Waals surface area contributed by atoms with Gasteiger partial charge in [0, 0.05) is 6.54 Å². The standard InChI is InChI=1S/C25H34N2O5/c1-25(2,3)24(29)32-17-20(14-18-8-6-5-7-9-18)27-23(28)16-19-10-11-21(31-13-12-26)22(15-19)30-4/h5-11,15,20H,12-14,16-17,26H2,1-4H3,(H,27,28). The number of methoxy groups -OCH3 is 1. The Labute approximate surface area is 190 Å². The Balaban J connectivity index is 2.05. The maximum Gasteiger partial charge on any atom is 0.311 e. The number of esters is 1. The molecular weight excluding hydrogens is 408 g/mol. The molecule has 3 N–H and O–H groups in total. The summed E-state index contributed by atoms with van der Waals surface area (Å²) in [5.74, 6) is 0.653. The molecule has 0 aliphatic heterocycles. The van der Waals surface area contributed by atoms with Gasteiger partial charge in [-0.3, -0.25) is 9.59 Å². The molecule has 7 heteroatoms. The van der Waals surface area contributed by atoms with Gasteiger partial charge in [-0.05, 0) is 50.5 Å². The third-order valence-electron chi connectivity index (χ3n) is 4.69. The molecule has 0 aromatic heterocycles. The first-order valence-electron chi connectivity index (χ1n) is 10.7. The Bertz CT molecular complexity index is 878. The van der Waals surface area contributed by atoms with Gasteiger partial charge in [0.15, 0.2) is 11.5 Å². The minimum atomic E-state index is -0.606. The lowest BCUT2D eigenvalue weighted by Crippen LogP contribution is -2.42. The number of carbonyl (C=O) groups is 2. The van der Waals surface area contributed by atoms with Crippen molar-refractivity contribution in [1.82, 2.24) is 5.32 Å². The van der Waals surface area contributed by atoms with E-state index >= 15 is 0 Å². The van der Waals surface area contributed by atoms with Crippen molar-refractivity contribution in [1.29, 1.82) is 0 Å². The van der Waals surface area contributed by atoms with Crippen LogP contribution in [0.4, 0.5) is 0 Å². The molecule has 2 aromatic carbocycles. The Kier molecular flexibility index (Phi) is 9.53.